The van der Waals surface area contributed by atoms with Crippen LogP contribution in [0.4, 0.5) is 13.2 Å². The molecular formula is C13H25F3N2. The predicted octanol–water partition coefficient (Wildman–Crippen LogP) is 3.31. The number of rotatable bonds is 6. The summed E-state index contributed by atoms with van der Waals surface area (Å²) < 4.78 is 36.6. The topological polar surface area (TPSA) is 29.3 Å². The third-order valence-electron chi connectivity index (χ3n) is 4.16. The average molecular weight is 266 g/mol. The highest BCUT2D eigenvalue weighted by Crippen LogP contribution is 2.33. The molecule has 0 bridgehead atoms. The Morgan fingerprint density at radius 3 is 2.44 bits per heavy atom. The van der Waals surface area contributed by atoms with E-state index in [1.54, 1.807) is 0 Å². The molecule has 1 rings (SSSR count). The van der Waals surface area contributed by atoms with Crippen LogP contribution in [0, 0.1) is 0 Å². The van der Waals surface area contributed by atoms with Crippen LogP contribution in [-0.2, 0) is 0 Å². The zero-order valence-electron chi connectivity index (χ0n) is 11.4. The first-order valence-corrected chi connectivity index (χ1v) is 6.86. The molecule has 2 N–H and O–H groups in total. The summed E-state index contributed by atoms with van der Waals surface area (Å²) in [5.74, 6) is 0. The van der Waals surface area contributed by atoms with Gasteiger partial charge in [0.25, 0.3) is 0 Å². The number of hydrogen-bond acceptors (Lipinski definition) is 2. The first-order chi connectivity index (χ1) is 8.32. The molecule has 2 atom stereocenters. The van der Waals surface area contributed by atoms with Gasteiger partial charge < -0.3 is 5.73 Å². The summed E-state index contributed by atoms with van der Waals surface area (Å²) in [6.07, 6.45) is -0.727. The number of likely N-dealkylation sites (tertiary alicyclic amines) is 1. The normalized spacial score (nSPS) is 25.3. The highest BCUT2D eigenvalue weighted by molar-refractivity contribution is 4.94. The maximum Gasteiger partial charge on any atom is 0.389 e. The molecule has 2 unspecified atom stereocenters. The lowest BCUT2D eigenvalue weighted by Crippen LogP contribution is -2.53. The second-order valence-electron chi connectivity index (χ2n) is 5.57. The van der Waals surface area contributed by atoms with Gasteiger partial charge in [0.05, 0.1) is 0 Å². The molecule has 1 heterocycles. The quantitative estimate of drug-likeness (QED) is 0.799. The molecule has 18 heavy (non-hydrogen) atoms. The van der Waals surface area contributed by atoms with Gasteiger partial charge in [-0.3, -0.25) is 4.90 Å². The number of alkyl halides is 3. The Hall–Kier alpha value is -0.290. The van der Waals surface area contributed by atoms with Crippen LogP contribution < -0.4 is 5.73 Å². The molecule has 1 aliphatic rings. The van der Waals surface area contributed by atoms with Crippen LogP contribution >= 0.6 is 0 Å². The fourth-order valence-electron chi connectivity index (χ4n) is 3.00. The molecule has 2 nitrogen and oxygen atoms in total. The van der Waals surface area contributed by atoms with E-state index in [1.807, 2.05) is 6.92 Å². The van der Waals surface area contributed by atoms with Crippen molar-refractivity contribution in [2.45, 2.75) is 70.1 Å². The summed E-state index contributed by atoms with van der Waals surface area (Å²) in [4.78, 5) is 2.34. The summed E-state index contributed by atoms with van der Waals surface area (Å²) in [7, 11) is 0. The minimum absolute atomic E-state index is 0.171. The maximum absolute atomic E-state index is 12.2. The first kappa shape index (κ1) is 15.8. The zero-order chi connectivity index (χ0) is 13.8. The van der Waals surface area contributed by atoms with Gasteiger partial charge >= 0.3 is 6.18 Å². The van der Waals surface area contributed by atoms with Gasteiger partial charge in [-0.15, -0.1) is 0 Å². The van der Waals surface area contributed by atoms with Crippen LogP contribution in [0.25, 0.3) is 0 Å². The van der Waals surface area contributed by atoms with Crippen LogP contribution in [0.15, 0.2) is 0 Å². The minimum atomic E-state index is -4.05. The SMILES string of the molecule is CCC1CCCN1C(C)(CN)CCCC(F)(F)F. The molecule has 0 aliphatic carbocycles. The summed E-state index contributed by atoms with van der Waals surface area (Å²) in [6, 6.07) is 0.490. The summed E-state index contributed by atoms with van der Waals surface area (Å²) in [6.45, 7) is 5.55. The van der Waals surface area contributed by atoms with Gasteiger partial charge in [0.2, 0.25) is 0 Å². The van der Waals surface area contributed by atoms with Crippen molar-refractivity contribution in [1.82, 2.24) is 4.90 Å². The van der Waals surface area contributed by atoms with E-state index in [1.165, 1.54) is 0 Å². The standard InChI is InChI=1S/C13H25F3N2/c1-3-11-6-4-9-18(11)12(2,10-17)7-5-8-13(14,15)16/h11H,3-10,17H2,1-2H3. The van der Waals surface area contributed by atoms with Gasteiger partial charge in [0, 0.05) is 24.5 Å². The highest BCUT2D eigenvalue weighted by atomic mass is 19.4. The molecule has 1 saturated heterocycles. The molecule has 0 saturated carbocycles. The van der Waals surface area contributed by atoms with Crippen molar-refractivity contribution >= 4 is 0 Å². The van der Waals surface area contributed by atoms with Gasteiger partial charge in [-0.05, 0) is 45.6 Å². The van der Waals surface area contributed by atoms with Gasteiger partial charge in [0.1, 0.15) is 0 Å². The average Bonchev–Trinajstić information content (AvgIpc) is 2.75. The second kappa shape index (κ2) is 6.24. The van der Waals surface area contributed by atoms with Crippen LogP contribution in [0.3, 0.4) is 0 Å². The predicted molar refractivity (Wildman–Crippen MR) is 67.4 cm³/mol. The Morgan fingerprint density at radius 2 is 1.94 bits per heavy atom. The molecule has 0 aromatic carbocycles. The fourth-order valence-corrected chi connectivity index (χ4v) is 3.00. The van der Waals surface area contributed by atoms with E-state index in [0.29, 0.717) is 19.0 Å². The fraction of sp³-hybridized carbons (Fsp3) is 1.00. The largest absolute Gasteiger partial charge is 0.389 e. The Morgan fingerprint density at radius 1 is 1.28 bits per heavy atom. The maximum atomic E-state index is 12.2. The highest BCUT2D eigenvalue weighted by Gasteiger charge is 2.38. The number of nitrogens with two attached hydrogens (primary N) is 1. The van der Waals surface area contributed by atoms with Crippen molar-refractivity contribution < 1.29 is 13.2 Å². The molecule has 0 radical (unpaired) electrons. The molecule has 1 fully saturated rings. The number of halogens is 3. The van der Waals surface area contributed by atoms with Gasteiger partial charge in [-0.25, -0.2) is 0 Å². The van der Waals surface area contributed by atoms with Crippen molar-refractivity contribution in [3.8, 4) is 0 Å². The molecule has 1 aliphatic heterocycles. The van der Waals surface area contributed by atoms with Crippen LogP contribution in [0.2, 0.25) is 0 Å². The molecule has 108 valence electrons. The van der Waals surface area contributed by atoms with Gasteiger partial charge in [-0.1, -0.05) is 6.92 Å². The van der Waals surface area contributed by atoms with E-state index in [0.717, 1.165) is 25.8 Å². The van der Waals surface area contributed by atoms with Gasteiger partial charge in [-0.2, -0.15) is 13.2 Å². The van der Waals surface area contributed by atoms with E-state index in [-0.39, 0.29) is 12.0 Å². The number of nitrogens with zero attached hydrogens (tertiary/aromatic N) is 1. The van der Waals surface area contributed by atoms with Crippen molar-refractivity contribution in [2.24, 2.45) is 5.73 Å². The third kappa shape index (κ3) is 4.12. The van der Waals surface area contributed by atoms with E-state index < -0.39 is 12.6 Å². The Balaban J connectivity index is 2.56. The molecule has 0 aromatic rings. The van der Waals surface area contributed by atoms with Crippen molar-refractivity contribution in [3.63, 3.8) is 0 Å². The van der Waals surface area contributed by atoms with Crippen LogP contribution in [0.5, 0.6) is 0 Å². The molecule has 0 amide bonds. The molecular weight excluding hydrogens is 241 g/mol. The molecule has 5 heteroatoms. The summed E-state index contributed by atoms with van der Waals surface area (Å²) in [5.41, 5.74) is 5.56. The van der Waals surface area contributed by atoms with E-state index in [9.17, 15) is 13.2 Å². The molecule has 0 aromatic heterocycles. The minimum Gasteiger partial charge on any atom is -0.329 e. The smallest absolute Gasteiger partial charge is 0.329 e. The summed E-state index contributed by atoms with van der Waals surface area (Å²) >= 11 is 0. The van der Waals surface area contributed by atoms with Crippen molar-refractivity contribution in [2.75, 3.05) is 13.1 Å². The first-order valence-electron chi connectivity index (χ1n) is 6.86. The zero-order valence-corrected chi connectivity index (χ0v) is 11.4. The van der Waals surface area contributed by atoms with Crippen LogP contribution in [-0.4, -0.2) is 35.7 Å². The van der Waals surface area contributed by atoms with Crippen LogP contribution in [0.1, 0.15) is 52.4 Å². The second-order valence-corrected chi connectivity index (χ2v) is 5.57. The Kier molecular flexibility index (Phi) is 5.46. The lowest BCUT2D eigenvalue weighted by atomic mass is 9.91. The van der Waals surface area contributed by atoms with Crippen molar-refractivity contribution in [1.29, 1.82) is 0 Å². The lowest BCUT2D eigenvalue weighted by Gasteiger charge is -2.42. The van der Waals surface area contributed by atoms with E-state index in [2.05, 4.69) is 11.8 Å². The van der Waals surface area contributed by atoms with E-state index in [4.69, 9.17) is 5.73 Å². The summed E-state index contributed by atoms with van der Waals surface area (Å²) in [5, 5.41) is 0. The van der Waals surface area contributed by atoms with Gasteiger partial charge in [0.15, 0.2) is 0 Å². The Labute approximate surface area is 108 Å². The monoisotopic (exact) mass is 266 g/mol. The van der Waals surface area contributed by atoms with Crippen molar-refractivity contribution in [3.05, 3.63) is 0 Å². The third-order valence-corrected chi connectivity index (χ3v) is 4.16. The number of hydrogen-bond donors (Lipinski definition) is 1. The van der Waals surface area contributed by atoms with E-state index >= 15 is 0 Å². The molecule has 0 spiro atoms. The Bertz CT molecular complexity index is 255. The lowest BCUT2D eigenvalue weighted by molar-refractivity contribution is -0.137.